The molecule has 508 valence electrons. The van der Waals surface area contributed by atoms with Gasteiger partial charge in [0, 0.05) is 56.1 Å². The number of halogens is 5. The van der Waals surface area contributed by atoms with E-state index in [4.69, 9.17) is 82.7 Å². The minimum absolute atomic E-state index is 0.278. The van der Waals surface area contributed by atoms with Gasteiger partial charge in [-0.2, -0.15) is 0 Å². The Hall–Kier alpha value is -7.78. The van der Waals surface area contributed by atoms with Crippen molar-refractivity contribution in [1.82, 2.24) is 15.1 Å². The number of aliphatic carboxylic acids is 2. The average Bonchev–Trinajstić information content (AvgIpc) is 1.65. The molecule has 0 fully saturated rings. The fourth-order valence-corrected chi connectivity index (χ4v) is 12.1. The Morgan fingerprint density at radius 2 is 0.832 bits per heavy atom. The van der Waals surface area contributed by atoms with Gasteiger partial charge in [-0.15, -0.1) is 0 Å². The van der Waals surface area contributed by atoms with Crippen molar-refractivity contribution >= 4 is 128 Å². The first-order valence-electron chi connectivity index (χ1n) is 30.7. The van der Waals surface area contributed by atoms with Gasteiger partial charge in [0.2, 0.25) is 0 Å². The fraction of sp³-hybridized carbons (Fsp3) is 0.394. The molecule has 24 heteroatoms. The number of carbonyl (C=O) groups is 7. The van der Waals surface area contributed by atoms with Crippen molar-refractivity contribution in [2.45, 2.75) is 162 Å². The zero-order valence-electron chi connectivity index (χ0n) is 55.1. The Morgan fingerprint density at radius 1 is 0.474 bits per heavy atom. The van der Waals surface area contributed by atoms with Crippen LogP contribution in [0.15, 0.2) is 120 Å². The molecule has 3 aliphatic carbocycles. The third kappa shape index (κ3) is 20.9. The van der Waals surface area contributed by atoms with Crippen LogP contribution in [0, 0.1) is 0 Å². The van der Waals surface area contributed by atoms with Crippen molar-refractivity contribution in [3.63, 3.8) is 0 Å². The highest BCUT2D eigenvalue weighted by Crippen LogP contribution is 2.45. The Bertz CT molecular complexity index is 3790. The Morgan fingerprint density at radius 3 is 1.21 bits per heavy atom. The molecule has 5 aromatic carbocycles. The second kappa shape index (κ2) is 31.0. The van der Waals surface area contributed by atoms with Crippen LogP contribution in [0.5, 0.6) is 0 Å². The first-order valence-corrected chi connectivity index (χ1v) is 32.5. The number of anilines is 2. The van der Waals surface area contributed by atoms with Gasteiger partial charge in [0.25, 0.3) is 5.91 Å². The van der Waals surface area contributed by atoms with Crippen LogP contribution >= 0.6 is 58.0 Å². The van der Waals surface area contributed by atoms with Crippen LogP contribution in [0.3, 0.4) is 0 Å². The van der Waals surface area contributed by atoms with Gasteiger partial charge in [0.1, 0.15) is 34.5 Å². The van der Waals surface area contributed by atoms with Crippen molar-refractivity contribution in [2.24, 2.45) is 0 Å². The number of nitrogens with two attached hydrogens (primary N) is 1. The average molecular weight is 1400 g/mol. The summed E-state index contributed by atoms with van der Waals surface area (Å²) in [6.45, 7) is 22.2. The number of ether oxygens (including phenoxy) is 5. The molecule has 11 rings (SSSR count). The van der Waals surface area contributed by atoms with Crippen LogP contribution in [0.1, 0.15) is 136 Å². The predicted octanol–water partition coefficient (Wildman–Crippen LogP) is 16.6. The lowest BCUT2D eigenvalue weighted by atomic mass is 9.92. The number of carbonyl (C=O) groups excluding carboxylic acids is 5. The summed E-state index contributed by atoms with van der Waals surface area (Å²) in [5.41, 5.74) is 16.5. The van der Waals surface area contributed by atoms with Gasteiger partial charge in [-0.1, -0.05) is 76.2 Å². The van der Waals surface area contributed by atoms with Gasteiger partial charge in [-0.25, -0.2) is 24.0 Å². The third-order valence-electron chi connectivity index (χ3n) is 15.0. The first kappa shape index (κ1) is 74.6. The van der Waals surface area contributed by atoms with Crippen LogP contribution in [0.25, 0.3) is 16.7 Å². The number of carboxylic acids is 2. The zero-order chi connectivity index (χ0) is 70.2. The number of benzene rings is 5. The highest BCUT2D eigenvalue weighted by Gasteiger charge is 2.44. The van der Waals surface area contributed by atoms with Gasteiger partial charge < -0.3 is 50.3 Å². The maximum atomic E-state index is 13.4. The molecular formula is C71H80Cl5N5O14. The monoisotopic (exact) mass is 1400 g/mol. The van der Waals surface area contributed by atoms with Crippen molar-refractivity contribution in [2.75, 3.05) is 30.7 Å². The van der Waals surface area contributed by atoms with E-state index in [9.17, 15) is 43.8 Å². The molecule has 5 aromatic rings. The summed E-state index contributed by atoms with van der Waals surface area (Å²) < 4.78 is 24.8. The summed E-state index contributed by atoms with van der Waals surface area (Å²) in [6.07, 6.45) is 0.780. The van der Waals surface area contributed by atoms with E-state index in [0.29, 0.717) is 71.1 Å². The molecule has 3 heterocycles. The minimum Gasteiger partial charge on any atom is -0.480 e. The molecule has 0 saturated heterocycles. The maximum absolute atomic E-state index is 13.4. The second-order valence-corrected chi connectivity index (χ2v) is 29.2. The summed E-state index contributed by atoms with van der Waals surface area (Å²) in [5, 5.41) is 28.2. The van der Waals surface area contributed by atoms with E-state index in [-0.39, 0.29) is 5.91 Å². The summed E-state index contributed by atoms with van der Waals surface area (Å²) >= 11 is 29.8. The lowest BCUT2D eigenvalue weighted by molar-refractivity contribution is -0.142. The lowest BCUT2D eigenvalue weighted by Crippen LogP contribution is -2.52. The van der Waals surface area contributed by atoms with E-state index in [2.05, 4.69) is 15.4 Å². The number of hydrogen-bond donors (Lipinski definition) is 5. The van der Waals surface area contributed by atoms with Crippen molar-refractivity contribution in [3.8, 4) is 0 Å². The molecule has 6 aliphatic rings. The summed E-state index contributed by atoms with van der Waals surface area (Å²) in [6, 6.07) is 28.8. The molecule has 0 radical (unpaired) electrons. The molecule has 0 bridgehead atoms. The maximum Gasteiger partial charge on any atom is 0.519 e. The summed E-state index contributed by atoms with van der Waals surface area (Å²) in [5.74, 6) is -2.11. The molecule has 0 saturated carbocycles. The summed E-state index contributed by atoms with van der Waals surface area (Å²) in [7, 11) is 0. The number of fused-ring (bicyclic) bond motifs is 6. The van der Waals surface area contributed by atoms with E-state index in [1.807, 2.05) is 69.3 Å². The fourth-order valence-electron chi connectivity index (χ4n) is 11.3. The van der Waals surface area contributed by atoms with Gasteiger partial charge in [-0.05, 0) is 273 Å². The standard InChI is InChI=1S/C24H24Cl2N2O3.C18H20ClNO4.C13H12ClNO2.C10H18O5.C6H6ClN/c1-24(2,3)31-23(30)28-11-10-18-19-13-16(26)5-4-14(19)12-20(18)21(28)22(29)27-17-8-6-15(25)7-9-17;1-18(2,3)24-17(23)20-7-6-12-13-9-11(19)5-4-10(13)8-14(12)15(20)16(21)22;14-8-2-1-7-5-11-9(10(7)6-8)3-4-15-12(11)13(16)17;1-9(2,3)14-7(11)13-8(12)15-10(4,5)6;7-5-1-3-6(8)4-2-5/h4-9,13,21H,10-12H2,1-3H3,(H,27,29);4-5,9,15H,6-8H2,1-3H3,(H,21,22);1-2,6,12,15H,3-5H2,(H,16,17);1-6H3;1-4H,8H2. The smallest absolute Gasteiger partial charge is 0.480 e. The molecular weight excluding hydrogens is 1320 g/mol. The summed E-state index contributed by atoms with van der Waals surface area (Å²) in [4.78, 5) is 86.8. The molecule has 0 aromatic heterocycles. The van der Waals surface area contributed by atoms with Crippen molar-refractivity contribution in [3.05, 3.63) is 178 Å². The molecule has 6 N–H and O–H groups in total. The SMILES string of the molecule is CC(C)(C)OC(=O)N1CCC2=C(Cc3ccc(Cl)cc32)C1C(=O)Nc1ccc(Cl)cc1.CC(C)(C)OC(=O)N1CCC2=C(Cc3ccc(Cl)cc32)C1C(=O)O.CC(C)(C)OC(=O)OC(=O)OC(C)(C)C.Nc1ccc(Cl)cc1.O=C(O)C1NCCC2=C1Cc1ccc(Cl)cc12. The van der Waals surface area contributed by atoms with E-state index in [0.717, 1.165) is 79.2 Å². The van der Waals surface area contributed by atoms with Gasteiger partial charge in [0.15, 0.2) is 6.04 Å². The Kier molecular flexibility index (Phi) is 24.3. The topological polar surface area (TPSA) is 263 Å². The van der Waals surface area contributed by atoms with Crippen LogP contribution in [0.4, 0.5) is 30.6 Å². The van der Waals surface area contributed by atoms with E-state index < -0.39 is 77.0 Å². The third-order valence-corrected chi connectivity index (χ3v) is 16.2. The second-order valence-electron chi connectivity index (χ2n) is 27.0. The molecule has 19 nitrogen and oxygen atoms in total. The molecule has 3 aliphatic heterocycles. The predicted molar refractivity (Wildman–Crippen MR) is 370 cm³/mol. The lowest BCUT2D eigenvalue weighted by Gasteiger charge is -2.37. The van der Waals surface area contributed by atoms with Crippen LogP contribution < -0.4 is 16.4 Å². The number of nitrogen functional groups attached to an aromatic ring is 1. The molecule has 0 spiro atoms. The van der Waals surface area contributed by atoms with E-state index >= 15 is 0 Å². The highest BCUT2D eigenvalue weighted by atomic mass is 35.5. The van der Waals surface area contributed by atoms with Crippen molar-refractivity contribution in [1.29, 1.82) is 0 Å². The Balaban J connectivity index is 0.000000178. The molecule has 3 atom stereocenters. The number of hydrogen-bond acceptors (Lipinski definition) is 14. The number of nitrogens with zero attached hydrogens (tertiary/aromatic N) is 2. The largest absolute Gasteiger partial charge is 0.519 e. The number of amides is 3. The first-order chi connectivity index (χ1) is 44.2. The quantitative estimate of drug-likeness (QED) is 0.0485. The van der Waals surface area contributed by atoms with Crippen LogP contribution in [0.2, 0.25) is 25.1 Å². The normalized spacial score (nSPS) is 17.5. The number of rotatable bonds is 4. The molecule has 3 unspecified atom stereocenters. The van der Waals surface area contributed by atoms with Gasteiger partial charge in [0.05, 0.1) is 0 Å². The highest BCUT2D eigenvalue weighted by molar-refractivity contribution is 6.32. The minimum atomic E-state index is -1.06. The van der Waals surface area contributed by atoms with Crippen molar-refractivity contribution < 1.29 is 67.5 Å². The van der Waals surface area contributed by atoms with Gasteiger partial charge in [-0.3, -0.25) is 19.4 Å². The molecule has 95 heavy (non-hydrogen) atoms. The van der Waals surface area contributed by atoms with E-state index in [1.54, 1.807) is 117 Å². The van der Waals surface area contributed by atoms with Crippen LogP contribution in [-0.4, -0.2) is 123 Å². The molecule has 3 amide bonds. The zero-order valence-corrected chi connectivity index (χ0v) is 58.8. The van der Waals surface area contributed by atoms with E-state index in [1.165, 1.54) is 20.9 Å². The number of nitrogens with one attached hydrogen (secondary N) is 2. The number of carboxylic acid groups (broad SMARTS) is 2. The van der Waals surface area contributed by atoms with Gasteiger partial charge >= 0.3 is 36.4 Å². The Labute approximate surface area is 578 Å². The van der Waals surface area contributed by atoms with Crippen LogP contribution in [-0.2, 0) is 57.3 Å².